The fraction of sp³-hybridized carbons (Fsp3) is 0.667. The van der Waals surface area contributed by atoms with Crippen LogP contribution in [0.1, 0.15) is 37.3 Å². The smallest absolute Gasteiger partial charge is 0.213 e. The van der Waals surface area contributed by atoms with Crippen molar-refractivity contribution in [3.05, 3.63) is 23.3 Å². The van der Waals surface area contributed by atoms with Gasteiger partial charge in [0.2, 0.25) is 10.0 Å². The molecule has 10 heteroatoms. The van der Waals surface area contributed by atoms with E-state index in [1.807, 2.05) is 19.1 Å². The molecule has 176 valence electrons. The van der Waals surface area contributed by atoms with E-state index in [4.69, 9.17) is 9.47 Å². The van der Waals surface area contributed by atoms with Gasteiger partial charge in [0.25, 0.3) is 0 Å². The molecular formula is C21H35IN4O4S. The van der Waals surface area contributed by atoms with Crippen molar-refractivity contribution in [1.82, 2.24) is 14.9 Å². The molecule has 31 heavy (non-hydrogen) atoms. The molecule has 0 aromatic heterocycles. The maximum Gasteiger partial charge on any atom is 0.213 e. The quantitative estimate of drug-likeness (QED) is 0.271. The van der Waals surface area contributed by atoms with Gasteiger partial charge in [-0.1, -0.05) is 6.42 Å². The predicted molar refractivity (Wildman–Crippen MR) is 134 cm³/mol. The summed E-state index contributed by atoms with van der Waals surface area (Å²) in [4.78, 5) is 6.75. The molecule has 2 N–H and O–H groups in total. The van der Waals surface area contributed by atoms with Crippen molar-refractivity contribution in [2.24, 2.45) is 10.9 Å². The zero-order valence-electron chi connectivity index (χ0n) is 18.6. The number of hydrogen-bond acceptors (Lipinski definition) is 5. The fourth-order valence-corrected chi connectivity index (χ4v) is 4.74. The first kappa shape index (κ1) is 26.0. The van der Waals surface area contributed by atoms with Gasteiger partial charge in [-0.05, 0) is 55.4 Å². The lowest BCUT2D eigenvalue weighted by Gasteiger charge is -2.32. The Balaban J connectivity index is 0.00000341. The van der Waals surface area contributed by atoms with Crippen LogP contribution in [0.5, 0.6) is 11.5 Å². The van der Waals surface area contributed by atoms with E-state index in [0.717, 1.165) is 44.1 Å². The van der Waals surface area contributed by atoms with Crippen molar-refractivity contribution in [2.45, 2.75) is 39.2 Å². The fourth-order valence-electron chi connectivity index (χ4n) is 3.78. The summed E-state index contributed by atoms with van der Waals surface area (Å²) in [7, 11) is -0.0153. The minimum absolute atomic E-state index is 0. The highest BCUT2D eigenvalue weighted by Crippen LogP contribution is 2.33. The van der Waals surface area contributed by atoms with Crippen LogP contribution in [0.4, 0.5) is 0 Å². The SMILES string of the molecule is CCNC(=NCCS(=O)(=O)NCC1CCC1)N1CCc2cc(OC)c(OC)cc2C1.I. The van der Waals surface area contributed by atoms with Crippen molar-refractivity contribution >= 4 is 40.0 Å². The molecule has 8 nitrogen and oxygen atoms in total. The third-order valence-corrected chi connectivity index (χ3v) is 7.12. The van der Waals surface area contributed by atoms with Gasteiger partial charge in [0.1, 0.15) is 0 Å². The van der Waals surface area contributed by atoms with Gasteiger partial charge in [0.05, 0.1) is 26.5 Å². The molecule has 0 unspecified atom stereocenters. The first-order chi connectivity index (χ1) is 14.5. The van der Waals surface area contributed by atoms with Crippen LogP contribution < -0.4 is 19.5 Å². The lowest BCUT2D eigenvalue weighted by atomic mass is 9.86. The molecule has 1 saturated carbocycles. The number of nitrogens with one attached hydrogen (secondary N) is 2. The highest BCUT2D eigenvalue weighted by atomic mass is 127. The molecule has 1 aliphatic carbocycles. The van der Waals surface area contributed by atoms with E-state index < -0.39 is 10.0 Å². The van der Waals surface area contributed by atoms with Crippen LogP contribution in [0.25, 0.3) is 0 Å². The van der Waals surface area contributed by atoms with Crippen molar-refractivity contribution in [2.75, 3.05) is 46.2 Å². The maximum absolute atomic E-state index is 12.2. The Labute approximate surface area is 203 Å². The Bertz CT molecular complexity index is 859. The molecule has 0 amide bonds. The summed E-state index contributed by atoms with van der Waals surface area (Å²) in [6.45, 7) is 5.02. The highest BCUT2D eigenvalue weighted by Gasteiger charge is 2.23. The number of ether oxygens (including phenoxy) is 2. The number of rotatable bonds is 9. The Morgan fingerprint density at radius 2 is 1.87 bits per heavy atom. The lowest BCUT2D eigenvalue weighted by Crippen LogP contribution is -2.44. The molecule has 0 atom stereocenters. The Hall–Kier alpha value is -1.27. The Morgan fingerprint density at radius 1 is 1.19 bits per heavy atom. The van der Waals surface area contributed by atoms with E-state index in [1.54, 1.807) is 14.2 Å². The van der Waals surface area contributed by atoms with Gasteiger partial charge in [0, 0.05) is 26.2 Å². The van der Waals surface area contributed by atoms with E-state index in [1.165, 1.54) is 17.5 Å². The molecule has 0 spiro atoms. The monoisotopic (exact) mass is 566 g/mol. The summed E-state index contributed by atoms with van der Waals surface area (Å²) >= 11 is 0. The number of aliphatic imine (C=N–C) groups is 1. The minimum atomic E-state index is -3.29. The molecule has 1 heterocycles. The number of fused-ring (bicyclic) bond motifs is 1. The second kappa shape index (κ2) is 12.1. The zero-order chi connectivity index (χ0) is 21.6. The molecule has 0 saturated heterocycles. The summed E-state index contributed by atoms with van der Waals surface area (Å²) in [6.07, 6.45) is 4.32. The van der Waals surface area contributed by atoms with Crippen LogP contribution in [0, 0.1) is 5.92 Å². The zero-order valence-corrected chi connectivity index (χ0v) is 21.8. The first-order valence-electron chi connectivity index (χ1n) is 10.7. The third-order valence-electron chi connectivity index (χ3n) is 5.79. The second-order valence-corrected chi connectivity index (χ2v) is 9.77. The molecule has 1 fully saturated rings. The van der Waals surface area contributed by atoms with E-state index in [2.05, 4.69) is 19.9 Å². The number of hydrogen-bond donors (Lipinski definition) is 2. The molecule has 1 aromatic rings. The summed E-state index contributed by atoms with van der Waals surface area (Å²) in [5.41, 5.74) is 2.40. The molecule has 1 aliphatic heterocycles. The minimum Gasteiger partial charge on any atom is -0.493 e. The molecule has 1 aromatic carbocycles. The topological polar surface area (TPSA) is 92.3 Å². The van der Waals surface area contributed by atoms with Gasteiger partial charge in [0.15, 0.2) is 17.5 Å². The van der Waals surface area contributed by atoms with Gasteiger partial charge in [-0.25, -0.2) is 13.1 Å². The number of guanidine groups is 1. The van der Waals surface area contributed by atoms with Crippen LogP contribution in [0.2, 0.25) is 0 Å². The number of benzene rings is 1. The summed E-state index contributed by atoms with van der Waals surface area (Å²) in [6, 6.07) is 4.05. The van der Waals surface area contributed by atoms with E-state index in [-0.39, 0.29) is 36.3 Å². The molecule has 0 bridgehead atoms. The van der Waals surface area contributed by atoms with Gasteiger partial charge < -0.3 is 19.7 Å². The van der Waals surface area contributed by atoms with Crippen LogP contribution >= 0.6 is 24.0 Å². The average molecular weight is 567 g/mol. The van der Waals surface area contributed by atoms with E-state index in [0.29, 0.717) is 24.8 Å². The number of halogens is 1. The lowest BCUT2D eigenvalue weighted by molar-refractivity contribution is 0.316. The highest BCUT2D eigenvalue weighted by molar-refractivity contribution is 14.0. The van der Waals surface area contributed by atoms with Gasteiger partial charge in [-0.2, -0.15) is 0 Å². The van der Waals surface area contributed by atoms with Crippen molar-refractivity contribution in [3.8, 4) is 11.5 Å². The largest absolute Gasteiger partial charge is 0.493 e. The summed E-state index contributed by atoms with van der Waals surface area (Å²) < 4.78 is 38.1. The van der Waals surface area contributed by atoms with Crippen molar-refractivity contribution in [3.63, 3.8) is 0 Å². The van der Waals surface area contributed by atoms with Crippen molar-refractivity contribution in [1.29, 1.82) is 0 Å². The predicted octanol–water partition coefficient (Wildman–Crippen LogP) is 2.36. The second-order valence-electron chi connectivity index (χ2n) is 7.85. The average Bonchev–Trinajstić information content (AvgIpc) is 2.70. The maximum atomic E-state index is 12.2. The van der Waals surface area contributed by atoms with Crippen LogP contribution in [0.3, 0.4) is 0 Å². The van der Waals surface area contributed by atoms with E-state index >= 15 is 0 Å². The van der Waals surface area contributed by atoms with Crippen LogP contribution in [-0.2, 0) is 23.0 Å². The van der Waals surface area contributed by atoms with Crippen LogP contribution in [-0.4, -0.2) is 65.4 Å². The third kappa shape index (κ3) is 7.11. The normalized spacial score (nSPS) is 16.7. The van der Waals surface area contributed by atoms with Crippen LogP contribution in [0.15, 0.2) is 17.1 Å². The molecule has 0 radical (unpaired) electrons. The van der Waals surface area contributed by atoms with Gasteiger partial charge in [-0.3, -0.25) is 4.99 Å². The van der Waals surface area contributed by atoms with Gasteiger partial charge >= 0.3 is 0 Å². The summed E-state index contributed by atoms with van der Waals surface area (Å²) in [5, 5.41) is 3.29. The first-order valence-corrected chi connectivity index (χ1v) is 12.3. The number of methoxy groups -OCH3 is 2. The molecule has 3 rings (SSSR count). The number of sulfonamides is 1. The molecular weight excluding hydrogens is 531 g/mol. The van der Waals surface area contributed by atoms with Gasteiger partial charge in [-0.15, -0.1) is 24.0 Å². The standard InChI is InChI=1S/C21H34N4O4S.HI/c1-4-22-21(23-9-11-30(26,27)24-14-16-6-5-7-16)25-10-8-17-12-19(28-2)20(29-3)13-18(17)15-25;/h12-13,16,24H,4-11,14-15H2,1-3H3,(H,22,23);1H. The Kier molecular flexibility index (Phi) is 10.1. The van der Waals surface area contributed by atoms with E-state index in [9.17, 15) is 8.42 Å². The van der Waals surface area contributed by atoms with Crippen molar-refractivity contribution < 1.29 is 17.9 Å². The molecule has 2 aliphatic rings. The Morgan fingerprint density at radius 3 is 2.45 bits per heavy atom. The summed E-state index contributed by atoms with van der Waals surface area (Å²) in [5.74, 6) is 2.70. The number of nitrogens with zero attached hydrogens (tertiary/aromatic N) is 2.